The van der Waals surface area contributed by atoms with Gasteiger partial charge in [0.25, 0.3) is 5.91 Å². The first-order chi connectivity index (χ1) is 7.54. The fourth-order valence-electron chi connectivity index (χ4n) is 1.19. The molecule has 0 spiro atoms. The summed E-state index contributed by atoms with van der Waals surface area (Å²) in [7, 11) is 0. The van der Waals surface area contributed by atoms with E-state index in [1.165, 1.54) is 6.07 Å². The van der Waals surface area contributed by atoms with Crippen molar-refractivity contribution < 1.29 is 9.59 Å². The third kappa shape index (κ3) is 3.51. The van der Waals surface area contributed by atoms with Gasteiger partial charge in [-0.2, -0.15) is 0 Å². The van der Waals surface area contributed by atoms with Gasteiger partial charge in [0.05, 0.1) is 0 Å². The van der Waals surface area contributed by atoms with Crippen LogP contribution in [0.2, 0.25) is 5.02 Å². The molecule has 0 heterocycles. The normalized spacial score (nSPS) is 11.9. The molecule has 0 aliphatic carbocycles. The largest absolute Gasteiger partial charge is 0.341 e. The molecule has 0 saturated carbocycles. The zero-order chi connectivity index (χ0) is 12.1. The fourth-order valence-corrected chi connectivity index (χ4v) is 1.59. The Morgan fingerprint density at radius 1 is 1.44 bits per heavy atom. The van der Waals surface area contributed by atoms with E-state index in [4.69, 9.17) is 23.2 Å². The van der Waals surface area contributed by atoms with Gasteiger partial charge in [-0.1, -0.05) is 24.6 Å². The van der Waals surface area contributed by atoms with Gasteiger partial charge in [0, 0.05) is 10.6 Å². The second-order valence-corrected chi connectivity index (χ2v) is 4.06. The number of rotatable bonds is 4. The lowest BCUT2D eigenvalue weighted by Gasteiger charge is -2.12. The molecule has 0 aromatic heterocycles. The van der Waals surface area contributed by atoms with Crippen molar-refractivity contribution >= 4 is 34.4 Å². The minimum Gasteiger partial charge on any atom is -0.341 e. The second-order valence-electron chi connectivity index (χ2n) is 3.25. The highest BCUT2D eigenvalue weighted by molar-refractivity contribution is 6.64. The highest BCUT2D eigenvalue weighted by Gasteiger charge is 2.17. The maximum Gasteiger partial charge on any atom is 0.251 e. The Balaban J connectivity index is 2.75. The molecule has 5 heteroatoms. The van der Waals surface area contributed by atoms with E-state index in [1.54, 1.807) is 25.1 Å². The summed E-state index contributed by atoms with van der Waals surface area (Å²) < 4.78 is 0. The van der Waals surface area contributed by atoms with Crippen LogP contribution in [-0.2, 0) is 4.79 Å². The third-order valence-electron chi connectivity index (χ3n) is 2.07. The number of nitrogens with one attached hydrogen (secondary N) is 1. The Kier molecular flexibility index (Phi) is 4.77. The van der Waals surface area contributed by atoms with Crippen LogP contribution < -0.4 is 5.32 Å². The monoisotopic (exact) mass is 259 g/mol. The van der Waals surface area contributed by atoms with Crippen LogP contribution in [0.25, 0.3) is 0 Å². The molecule has 0 aliphatic heterocycles. The van der Waals surface area contributed by atoms with Crippen molar-refractivity contribution in [1.82, 2.24) is 5.32 Å². The van der Waals surface area contributed by atoms with Crippen molar-refractivity contribution in [3.63, 3.8) is 0 Å². The lowest BCUT2D eigenvalue weighted by atomic mass is 10.2. The van der Waals surface area contributed by atoms with Crippen LogP contribution in [-0.4, -0.2) is 17.2 Å². The average molecular weight is 260 g/mol. The number of hydrogen-bond acceptors (Lipinski definition) is 2. The van der Waals surface area contributed by atoms with Crippen LogP contribution in [0.5, 0.6) is 0 Å². The third-order valence-corrected chi connectivity index (χ3v) is 2.57. The smallest absolute Gasteiger partial charge is 0.251 e. The van der Waals surface area contributed by atoms with Crippen molar-refractivity contribution in [2.75, 3.05) is 0 Å². The van der Waals surface area contributed by atoms with E-state index in [1.807, 2.05) is 0 Å². The Hall–Kier alpha value is -1.06. The highest BCUT2D eigenvalue weighted by atomic mass is 35.5. The van der Waals surface area contributed by atoms with Gasteiger partial charge in [-0.3, -0.25) is 9.59 Å². The number of hydrogen-bond donors (Lipinski definition) is 1. The van der Waals surface area contributed by atoms with Crippen LogP contribution in [0.4, 0.5) is 0 Å². The summed E-state index contributed by atoms with van der Waals surface area (Å²) in [4.78, 5) is 22.6. The molecule has 86 valence electrons. The molecule has 0 bridgehead atoms. The predicted molar refractivity (Wildman–Crippen MR) is 63.9 cm³/mol. The molecule has 1 N–H and O–H groups in total. The van der Waals surface area contributed by atoms with Crippen LogP contribution in [0, 0.1) is 0 Å². The van der Waals surface area contributed by atoms with Gasteiger partial charge in [-0.05, 0) is 36.2 Å². The first-order valence-corrected chi connectivity index (χ1v) is 5.56. The summed E-state index contributed by atoms with van der Waals surface area (Å²) in [5.41, 5.74) is 0.406. The second kappa shape index (κ2) is 5.87. The van der Waals surface area contributed by atoms with E-state index in [-0.39, 0.29) is 5.91 Å². The van der Waals surface area contributed by atoms with Crippen LogP contribution in [0.3, 0.4) is 0 Å². The van der Waals surface area contributed by atoms with Crippen molar-refractivity contribution in [3.8, 4) is 0 Å². The molecule has 1 aromatic carbocycles. The lowest BCUT2D eigenvalue weighted by molar-refractivity contribution is -0.113. The molecule has 1 amide bonds. The molecule has 1 rings (SSSR count). The molecule has 3 nitrogen and oxygen atoms in total. The molecule has 1 atom stereocenters. The zero-order valence-corrected chi connectivity index (χ0v) is 10.2. The van der Waals surface area contributed by atoms with Crippen LogP contribution in [0.15, 0.2) is 24.3 Å². The predicted octanol–water partition coefficient (Wildman–Crippen LogP) is 2.61. The zero-order valence-electron chi connectivity index (χ0n) is 8.67. The first-order valence-electron chi connectivity index (χ1n) is 4.80. The SMILES string of the molecule is CCC(NC(=O)c1cccc(Cl)c1)C(=O)Cl. The molecule has 16 heavy (non-hydrogen) atoms. The van der Waals surface area contributed by atoms with Crippen molar-refractivity contribution in [2.24, 2.45) is 0 Å². The summed E-state index contributed by atoms with van der Waals surface area (Å²) in [6.07, 6.45) is 0.453. The van der Waals surface area contributed by atoms with Gasteiger partial charge in [0.2, 0.25) is 5.24 Å². The summed E-state index contributed by atoms with van der Waals surface area (Å²) in [5, 5.41) is 2.43. The maximum absolute atomic E-state index is 11.7. The Morgan fingerprint density at radius 3 is 2.62 bits per heavy atom. The minimum absolute atomic E-state index is 0.358. The van der Waals surface area contributed by atoms with E-state index in [2.05, 4.69) is 5.32 Å². The van der Waals surface area contributed by atoms with Gasteiger partial charge in [0.1, 0.15) is 6.04 Å². The van der Waals surface area contributed by atoms with Crippen LogP contribution in [0.1, 0.15) is 23.7 Å². The molecule has 0 aliphatic rings. The van der Waals surface area contributed by atoms with E-state index in [9.17, 15) is 9.59 Å². The van der Waals surface area contributed by atoms with E-state index in [0.717, 1.165) is 0 Å². The standard InChI is InChI=1S/C11H11Cl2NO2/c1-2-9(10(13)15)14-11(16)7-4-3-5-8(12)6-7/h3-6,9H,2H2,1H3,(H,14,16). The van der Waals surface area contributed by atoms with Crippen LogP contribution >= 0.6 is 23.2 Å². The van der Waals surface area contributed by atoms with E-state index in [0.29, 0.717) is 17.0 Å². The number of carbonyl (C=O) groups excluding carboxylic acids is 2. The first kappa shape index (κ1) is 13.0. The summed E-state index contributed by atoms with van der Waals surface area (Å²) in [6, 6.07) is 5.83. The highest BCUT2D eigenvalue weighted by Crippen LogP contribution is 2.11. The molecule has 1 aromatic rings. The molecule has 0 fully saturated rings. The summed E-state index contributed by atoms with van der Waals surface area (Å²) in [5.74, 6) is -0.358. The number of amides is 1. The Labute approximate surface area is 104 Å². The van der Waals surface area contributed by atoms with E-state index < -0.39 is 11.3 Å². The molecular formula is C11H11Cl2NO2. The number of benzene rings is 1. The van der Waals surface area contributed by atoms with Crippen molar-refractivity contribution in [3.05, 3.63) is 34.9 Å². The molecule has 0 radical (unpaired) electrons. The van der Waals surface area contributed by atoms with Crippen molar-refractivity contribution in [1.29, 1.82) is 0 Å². The summed E-state index contributed by atoms with van der Waals surface area (Å²) >= 11 is 11.1. The minimum atomic E-state index is -0.659. The lowest BCUT2D eigenvalue weighted by Crippen LogP contribution is -2.38. The maximum atomic E-state index is 11.7. The van der Waals surface area contributed by atoms with Gasteiger partial charge < -0.3 is 5.32 Å². The van der Waals surface area contributed by atoms with Crippen molar-refractivity contribution in [2.45, 2.75) is 19.4 Å². The summed E-state index contributed by atoms with van der Waals surface area (Å²) in [6.45, 7) is 1.77. The molecular weight excluding hydrogens is 249 g/mol. The number of carbonyl (C=O) groups is 2. The Morgan fingerprint density at radius 2 is 2.12 bits per heavy atom. The fraction of sp³-hybridized carbons (Fsp3) is 0.273. The molecule has 1 unspecified atom stereocenters. The van der Waals surface area contributed by atoms with E-state index >= 15 is 0 Å². The topological polar surface area (TPSA) is 46.2 Å². The molecule has 0 saturated heterocycles. The van der Waals surface area contributed by atoms with Gasteiger partial charge in [0.15, 0.2) is 0 Å². The van der Waals surface area contributed by atoms with Gasteiger partial charge in [-0.15, -0.1) is 0 Å². The quantitative estimate of drug-likeness (QED) is 0.846. The van der Waals surface area contributed by atoms with Gasteiger partial charge in [-0.25, -0.2) is 0 Å². The van der Waals surface area contributed by atoms with Gasteiger partial charge >= 0.3 is 0 Å². The average Bonchev–Trinajstić information content (AvgIpc) is 2.25. The Bertz CT molecular complexity index is 407. The number of halogens is 2.